The Morgan fingerprint density at radius 1 is 1.71 bits per heavy atom. The fraction of sp³-hybridized carbons (Fsp3) is 0.700. The highest BCUT2D eigenvalue weighted by molar-refractivity contribution is 7.99. The molecule has 1 heterocycles. The molecule has 0 fully saturated rings. The van der Waals surface area contributed by atoms with Crippen LogP contribution >= 0.6 is 11.8 Å². The second-order valence-electron chi connectivity index (χ2n) is 3.69. The first-order chi connectivity index (χ1) is 8.17. The van der Waals surface area contributed by atoms with Crippen molar-refractivity contribution in [3.8, 4) is 0 Å². The van der Waals surface area contributed by atoms with E-state index in [1.165, 1.54) is 0 Å². The Labute approximate surface area is 105 Å². The van der Waals surface area contributed by atoms with Crippen molar-refractivity contribution in [1.29, 1.82) is 0 Å². The van der Waals surface area contributed by atoms with Crippen molar-refractivity contribution >= 4 is 17.7 Å². The lowest BCUT2D eigenvalue weighted by atomic mass is 10.3. The highest BCUT2D eigenvalue weighted by Gasteiger charge is 2.13. The molecule has 96 valence electrons. The molecule has 6 nitrogen and oxygen atoms in total. The third kappa shape index (κ3) is 4.74. The van der Waals surface area contributed by atoms with E-state index in [4.69, 9.17) is 5.73 Å². The van der Waals surface area contributed by atoms with Crippen LogP contribution < -0.4 is 11.1 Å². The average molecular weight is 257 g/mol. The maximum atomic E-state index is 11.8. The van der Waals surface area contributed by atoms with Crippen LogP contribution in [0.5, 0.6) is 0 Å². The number of hydrogen-bond donors (Lipinski definition) is 2. The largest absolute Gasteiger partial charge is 0.347 e. The van der Waals surface area contributed by atoms with Gasteiger partial charge in [-0.3, -0.25) is 9.48 Å². The van der Waals surface area contributed by atoms with Crippen molar-refractivity contribution in [3.05, 3.63) is 11.9 Å². The molecule has 0 aliphatic rings. The Morgan fingerprint density at radius 2 is 2.47 bits per heavy atom. The molecule has 0 aliphatic heterocycles. The minimum Gasteiger partial charge on any atom is -0.347 e. The molecule has 0 aliphatic carbocycles. The van der Waals surface area contributed by atoms with Gasteiger partial charge in [-0.1, -0.05) is 12.1 Å². The summed E-state index contributed by atoms with van der Waals surface area (Å²) in [5.41, 5.74) is 5.73. The zero-order valence-electron chi connectivity index (χ0n) is 10.2. The number of carbonyl (C=O) groups is 1. The van der Waals surface area contributed by atoms with Crippen molar-refractivity contribution in [1.82, 2.24) is 20.3 Å². The van der Waals surface area contributed by atoms with E-state index in [1.807, 2.05) is 6.92 Å². The maximum absolute atomic E-state index is 11.8. The van der Waals surface area contributed by atoms with E-state index in [1.54, 1.807) is 22.6 Å². The van der Waals surface area contributed by atoms with Gasteiger partial charge in [-0.25, -0.2) is 0 Å². The predicted octanol–water partition coefficient (Wildman–Crippen LogP) is 0.108. The Morgan fingerprint density at radius 3 is 3.12 bits per heavy atom. The van der Waals surface area contributed by atoms with Crippen molar-refractivity contribution in [2.75, 3.05) is 18.1 Å². The van der Waals surface area contributed by atoms with Crippen LogP contribution in [0.15, 0.2) is 6.20 Å². The van der Waals surface area contributed by atoms with Crippen molar-refractivity contribution in [3.63, 3.8) is 0 Å². The quantitative estimate of drug-likeness (QED) is 0.724. The summed E-state index contributed by atoms with van der Waals surface area (Å²) in [6.07, 6.45) is 1.61. The maximum Gasteiger partial charge on any atom is 0.273 e. The lowest BCUT2D eigenvalue weighted by Gasteiger charge is -2.11. The fourth-order valence-electron chi connectivity index (χ4n) is 1.28. The van der Waals surface area contributed by atoms with Crippen LogP contribution in [0, 0.1) is 0 Å². The molecule has 1 aromatic rings. The summed E-state index contributed by atoms with van der Waals surface area (Å²) in [6.45, 7) is 5.12. The molecular weight excluding hydrogens is 238 g/mol. The Kier molecular flexibility index (Phi) is 5.99. The van der Waals surface area contributed by atoms with Crippen LogP contribution in [0.25, 0.3) is 0 Å². The van der Waals surface area contributed by atoms with Crippen LogP contribution in [0.4, 0.5) is 0 Å². The predicted molar refractivity (Wildman–Crippen MR) is 69.0 cm³/mol. The van der Waals surface area contributed by atoms with E-state index < -0.39 is 0 Å². The highest BCUT2D eigenvalue weighted by Crippen LogP contribution is 2.02. The van der Waals surface area contributed by atoms with Gasteiger partial charge < -0.3 is 11.1 Å². The van der Waals surface area contributed by atoms with Gasteiger partial charge in [-0.2, -0.15) is 11.8 Å². The molecule has 0 aromatic carbocycles. The third-order valence-electron chi connectivity index (χ3n) is 2.08. The molecule has 0 bridgehead atoms. The van der Waals surface area contributed by atoms with Crippen molar-refractivity contribution in [2.45, 2.75) is 26.4 Å². The molecule has 0 saturated heterocycles. The van der Waals surface area contributed by atoms with Gasteiger partial charge in [0.2, 0.25) is 0 Å². The van der Waals surface area contributed by atoms with Gasteiger partial charge in [0.1, 0.15) is 0 Å². The standard InChI is InChI=1S/C10H19N5OS/c1-3-17-7-8(2)12-10(16)9-6-15(5-4-11)14-13-9/h6,8H,3-5,7,11H2,1-2H3,(H,12,16). The molecule has 7 heteroatoms. The van der Waals surface area contributed by atoms with Crippen LogP contribution in [-0.4, -0.2) is 45.0 Å². The number of amides is 1. The molecule has 1 amide bonds. The zero-order valence-corrected chi connectivity index (χ0v) is 11.0. The summed E-state index contributed by atoms with van der Waals surface area (Å²) in [7, 11) is 0. The van der Waals surface area contributed by atoms with Gasteiger partial charge in [0, 0.05) is 18.3 Å². The number of nitrogens with two attached hydrogens (primary N) is 1. The zero-order chi connectivity index (χ0) is 12.7. The highest BCUT2D eigenvalue weighted by atomic mass is 32.2. The SMILES string of the molecule is CCSCC(C)NC(=O)c1cn(CCN)nn1. The molecule has 3 N–H and O–H groups in total. The lowest BCUT2D eigenvalue weighted by molar-refractivity contribution is 0.0938. The topological polar surface area (TPSA) is 85.8 Å². The van der Waals surface area contributed by atoms with Crippen LogP contribution in [-0.2, 0) is 6.54 Å². The lowest BCUT2D eigenvalue weighted by Crippen LogP contribution is -2.34. The van der Waals surface area contributed by atoms with Gasteiger partial charge >= 0.3 is 0 Å². The smallest absolute Gasteiger partial charge is 0.273 e. The summed E-state index contributed by atoms with van der Waals surface area (Å²) >= 11 is 1.79. The van der Waals surface area contributed by atoms with Crippen LogP contribution in [0.1, 0.15) is 24.3 Å². The van der Waals surface area contributed by atoms with Gasteiger partial charge in [-0.05, 0) is 12.7 Å². The number of carbonyl (C=O) groups excluding carboxylic acids is 1. The Balaban J connectivity index is 2.45. The van der Waals surface area contributed by atoms with E-state index >= 15 is 0 Å². The number of nitrogens with zero attached hydrogens (tertiary/aromatic N) is 3. The van der Waals surface area contributed by atoms with Gasteiger partial charge in [0.25, 0.3) is 5.91 Å². The number of nitrogens with one attached hydrogen (secondary N) is 1. The molecule has 1 unspecified atom stereocenters. The average Bonchev–Trinajstić information content (AvgIpc) is 2.75. The number of hydrogen-bond acceptors (Lipinski definition) is 5. The van der Waals surface area contributed by atoms with Gasteiger partial charge in [0.05, 0.1) is 12.7 Å². The normalized spacial score (nSPS) is 12.4. The van der Waals surface area contributed by atoms with E-state index in [0.29, 0.717) is 18.8 Å². The minimum atomic E-state index is -0.183. The molecular formula is C10H19N5OS. The second kappa shape index (κ2) is 7.29. The van der Waals surface area contributed by atoms with Crippen LogP contribution in [0.2, 0.25) is 0 Å². The van der Waals surface area contributed by atoms with E-state index in [2.05, 4.69) is 22.6 Å². The summed E-state index contributed by atoms with van der Waals surface area (Å²) in [5.74, 6) is 1.77. The summed E-state index contributed by atoms with van der Waals surface area (Å²) in [4.78, 5) is 11.8. The van der Waals surface area contributed by atoms with E-state index in [0.717, 1.165) is 11.5 Å². The second-order valence-corrected chi connectivity index (χ2v) is 5.01. The van der Waals surface area contributed by atoms with Gasteiger partial charge in [0.15, 0.2) is 5.69 Å². The summed E-state index contributed by atoms with van der Waals surface area (Å²) < 4.78 is 1.57. The Hall–Kier alpha value is -1.08. The molecule has 0 spiro atoms. The molecule has 1 aromatic heterocycles. The fourth-order valence-corrected chi connectivity index (χ4v) is 1.95. The van der Waals surface area contributed by atoms with Crippen molar-refractivity contribution < 1.29 is 4.79 Å². The minimum absolute atomic E-state index is 0.132. The number of rotatable bonds is 7. The molecule has 0 saturated carbocycles. The first kappa shape index (κ1) is 14.0. The monoisotopic (exact) mass is 257 g/mol. The van der Waals surface area contributed by atoms with E-state index in [9.17, 15) is 4.79 Å². The first-order valence-corrected chi connectivity index (χ1v) is 6.81. The van der Waals surface area contributed by atoms with Gasteiger partial charge in [-0.15, -0.1) is 5.10 Å². The summed E-state index contributed by atoms with van der Waals surface area (Å²) in [5, 5.41) is 10.5. The third-order valence-corrected chi connectivity index (χ3v) is 3.22. The molecule has 17 heavy (non-hydrogen) atoms. The molecule has 0 radical (unpaired) electrons. The molecule has 1 rings (SSSR count). The van der Waals surface area contributed by atoms with Crippen LogP contribution in [0.3, 0.4) is 0 Å². The first-order valence-electron chi connectivity index (χ1n) is 5.66. The van der Waals surface area contributed by atoms with Crippen molar-refractivity contribution in [2.24, 2.45) is 5.73 Å². The number of thioether (sulfide) groups is 1. The summed E-state index contributed by atoms with van der Waals surface area (Å²) in [6, 6.07) is 0.132. The Bertz CT molecular complexity index is 354. The number of aromatic nitrogens is 3. The molecule has 1 atom stereocenters. The van der Waals surface area contributed by atoms with E-state index in [-0.39, 0.29) is 11.9 Å².